The molecule has 0 radical (unpaired) electrons. The summed E-state index contributed by atoms with van der Waals surface area (Å²) in [6, 6.07) is 4.77. The van der Waals surface area contributed by atoms with Crippen molar-refractivity contribution in [2.24, 2.45) is 4.99 Å². The number of ether oxygens (including phenoxy) is 3. The van der Waals surface area contributed by atoms with E-state index in [0.29, 0.717) is 6.61 Å². The molecule has 7 nitrogen and oxygen atoms in total. The van der Waals surface area contributed by atoms with Gasteiger partial charge in [0.2, 0.25) is 0 Å². The van der Waals surface area contributed by atoms with E-state index in [1.807, 2.05) is 0 Å². The summed E-state index contributed by atoms with van der Waals surface area (Å²) in [6.07, 6.45) is -6.43. The second kappa shape index (κ2) is 11.6. The van der Waals surface area contributed by atoms with Crippen LogP contribution in [-0.2, 0) is 20.4 Å². The fourth-order valence-corrected chi connectivity index (χ4v) is 3.27. The largest absolute Gasteiger partial charge is 0.443 e. The highest BCUT2D eigenvalue weighted by molar-refractivity contribution is 6.76. The van der Waals surface area contributed by atoms with Crippen LogP contribution in [0.15, 0.2) is 29.3 Å². The van der Waals surface area contributed by atoms with Crippen molar-refractivity contribution in [1.82, 2.24) is 4.90 Å². The molecule has 0 unspecified atom stereocenters. The fourth-order valence-electron chi connectivity index (χ4n) is 2.51. The number of hydrogen-bond acceptors (Lipinski definition) is 5. The number of benzene rings is 1. The lowest BCUT2D eigenvalue weighted by molar-refractivity contribution is -0.137. The monoisotopic (exact) mass is 518 g/mol. The molecule has 0 aliphatic rings. The summed E-state index contributed by atoms with van der Waals surface area (Å²) in [6.45, 7) is 16.5. The van der Waals surface area contributed by atoms with Crippen LogP contribution in [0.3, 0.4) is 0 Å². The number of hydrogen-bond donors (Lipinski definition) is 0. The van der Waals surface area contributed by atoms with Gasteiger partial charge in [0.15, 0.2) is 5.84 Å². The Morgan fingerprint density at radius 2 is 1.43 bits per heavy atom. The first kappa shape index (κ1) is 30.6. The van der Waals surface area contributed by atoms with Crippen molar-refractivity contribution in [3.05, 3.63) is 35.4 Å². The fraction of sp³-hybridized carbons (Fsp3) is 0.625. The molecule has 0 aliphatic heterocycles. The molecule has 0 saturated heterocycles. The standard InChI is InChI=1S/C24H37F3N2O5Si/c1-22(2,3)33-20(30)28-19(17-10-12-18(13-11-17)24(25,26)27)29(21(31)34-23(4,5)6)16-32-14-15-35(7,8)9/h10-13H,14-16H2,1-9H3/b28-19+. The number of nitrogens with zero attached hydrogens (tertiary/aromatic N) is 2. The summed E-state index contributed by atoms with van der Waals surface area (Å²) in [5, 5.41) is 0. The molecule has 2 amide bonds. The summed E-state index contributed by atoms with van der Waals surface area (Å²) in [5.41, 5.74) is -2.56. The maximum Gasteiger partial charge on any atom is 0.436 e. The van der Waals surface area contributed by atoms with Crippen LogP contribution in [0.1, 0.15) is 52.7 Å². The molecule has 1 aromatic carbocycles. The van der Waals surface area contributed by atoms with Crippen LogP contribution in [0.5, 0.6) is 0 Å². The minimum Gasteiger partial charge on any atom is -0.443 e. The lowest BCUT2D eigenvalue weighted by Crippen LogP contribution is -2.43. The second-order valence-corrected chi connectivity index (χ2v) is 16.9. The molecule has 0 spiro atoms. The maximum absolute atomic E-state index is 13.1. The van der Waals surface area contributed by atoms with E-state index in [1.54, 1.807) is 41.5 Å². The lowest BCUT2D eigenvalue weighted by atomic mass is 10.1. The Morgan fingerprint density at radius 3 is 1.86 bits per heavy atom. The van der Waals surface area contributed by atoms with Gasteiger partial charge in [-0.25, -0.2) is 14.5 Å². The van der Waals surface area contributed by atoms with Crippen LogP contribution in [0.4, 0.5) is 22.8 Å². The number of halogens is 3. The molecule has 0 bridgehead atoms. The normalized spacial score (nSPS) is 13.4. The number of rotatable bonds is 6. The van der Waals surface area contributed by atoms with Gasteiger partial charge in [-0.05, 0) is 59.7 Å². The van der Waals surface area contributed by atoms with Crippen molar-refractivity contribution < 1.29 is 37.0 Å². The zero-order chi connectivity index (χ0) is 27.2. The van der Waals surface area contributed by atoms with Gasteiger partial charge in [0.05, 0.1) is 5.56 Å². The Labute approximate surface area is 206 Å². The molecule has 0 heterocycles. The van der Waals surface area contributed by atoms with Crippen LogP contribution in [0.2, 0.25) is 25.7 Å². The number of alkyl halides is 3. The molecule has 0 saturated carbocycles. The van der Waals surface area contributed by atoms with Crippen LogP contribution in [0, 0.1) is 0 Å². The molecular weight excluding hydrogens is 481 g/mol. The molecule has 0 fully saturated rings. The molecule has 1 aromatic rings. The SMILES string of the molecule is CC(C)(C)OC(=O)/N=C(\c1ccc(C(F)(F)F)cc1)N(COCC[Si](C)(C)C)C(=O)OC(C)(C)C. The van der Waals surface area contributed by atoms with E-state index in [9.17, 15) is 22.8 Å². The third-order valence-electron chi connectivity index (χ3n) is 4.15. The summed E-state index contributed by atoms with van der Waals surface area (Å²) in [7, 11) is -1.43. The molecule has 198 valence electrons. The van der Waals surface area contributed by atoms with Crippen molar-refractivity contribution in [1.29, 1.82) is 0 Å². The lowest BCUT2D eigenvalue weighted by Gasteiger charge is -2.28. The van der Waals surface area contributed by atoms with Crippen LogP contribution >= 0.6 is 0 Å². The third kappa shape index (κ3) is 12.2. The highest BCUT2D eigenvalue weighted by Crippen LogP contribution is 2.29. The minimum absolute atomic E-state index is 0.0866. The summed E-state index contributed by atoms with van der Waals surface area (Å²) in [4.78, 5) is 30.5. The Bertz CT molecular complexity index is 896. The van der Waals surface area contributed by atoms with Gasteiger partial charge in [0.1, 0.15) is 17.9 Å². The van der Waals surface area contributed by atoms with Crippen molar-refractivity contribution in [2.75, 3.05) is 13.3 Å². The maximum atomic E-state index is 13.1. The zero-order valence-corrected chi connectivity index (χ0v) is 23.0. The van der Waals surface area contributed by atoms with Crippen molar-refractivity contribution >= 4 is 26.1 Å². The first-order valence-corrected chi connectivity index (χ1v) is 15.0. The number of aliphatic imine (C=N–C) groups is 1. The molecule has 0 atom stereocenters. The van der Waals surface area contributed by atoms with E-state index in [-0.39, 0.29) is 18.1 Å². The minimum atomic E-state index is -4.55. The first-order valence-electron chi connectivity index (χ1n) is 11.3. The van der Waals surface area contributed by atoms with E-state index in [1.165, 1.54) is 0 Å². The van der Waals surface area contributed by atoms with E-state index < -0.39 is 43.2 Å². The van der Waals surface area contributed by atoms with Crippen LogP contribution < -0.4 is 0 Å². The predicted octanol–water partition coefficient (Wildman–Crippen LogP) is 6.94. The van der Waals surface area contributed by atoms with Crippen LogP contribution in [0.25, 0.3) is 0 Å². The van der Waals surface area contributed by atoms with E-state index in [0.717, 1.165) is 35.2 Å². The van der Waals surface area contributed by atoms with Crippen LogP contribution in [-0.4, -0.2) is 55.5 Å². The Kier molecular flexibility index (Phi) is 10.1. The van der Waals surface area contributed by atoms with Gasteiger partial charge in [-0.1, -0.05) is 31.8 Å². The Morgan fingerprint density at radius 1 is 0.914 bits per heavy atom. The smallest absolute Gasteiger partial charge is 0.436 e. The zero-order valence-electron chi connectivity index (χ0n) is 22.0. The average Bonchev–Trinajstić information content (AvgIpc) is 2.62. The quantitative estimate of drug-likeness (QED) is 0.134. The van der Waals surface area contributed by atoms with Crippen molar-refractivity contribution in [3.63, 3.8) is 0 Å². The highest BCUT2D eigenvalue weighted by Gasteiger charge is 2.32. The topological polar surface area (TPSA) is 77.4 Å². The summed E-state index contributed by atoms with van der Waals surface area (Å²) >= 11 is 0. The predicted molar refractivity (Wildman–Crippen MR) is 131 cm³/mol. The molecule has 0 aliphatic carbocycles. The van der Waals surface area contributed by atoms with Gasteiger partial charge in [0, 0.05) is 20.2 Å². The Balaban J connectivity index is 3.47. The molecular formula is C24H37F3N2O5Si. The highest BCUT2D eigenvalue weighted by atomic mass is 28.3. The number of amides is 2. The first-order chi connectivity index (χ1) is 15.7. The van der Waals surface area contributed by atoms with Gasteiger partial charge in [-0.2, -0.15) is 18.2 Å². The van der Waals surface area contributed by atoms with E-state index >= 15 is 0 Å². The van der Waals surface area contributed by atoms with Crippen molar-refractivity contribution in [2.45, 2.75) is 84.6 Å². The third-order valence-corrected chi connectivity index (χ3v) is 5.85. The second-order valence-electron chi connectivity index (χ2n) is 11.2. The number of carbonyl (C=O) groups is 2. The van der Waals surface area contributed by atoms with Gasteiger partial charge in [-0.15, -0.1) is 0 Å². The molecule has 11 heteroatoms. The van der Waals surface area contributed by atoms with Gasteiger partial charge in [0.25, 0.3) is 0 Å². The Hall–Kier alpha value is -2.40. The van der Waals surface area contributed by atoms with E-state index in [4.69, 9.17) is 14.2 Å². The van der Waals surface area contributed by atoms with Gasteiger partial charge < -0.3 is 14.2 Å². The van der Waals surface area contributed by atoms with Crippen molar-refractivity contribution in [3.8, 4) is 0 Å². The van der Waals surface area contributed by atoms with E-state index in [2.05, 4.69) is 24.6 Å². The molecule has 0 N–H and O–H groups in total. The molecule has 35 heavy (non-hydrogen) atoms. The molecule has 1 rings (SSSR count). The van der Waals surface area contributed by atoms with Gasteiger partial charge >= 0.3 is 18.4 Å². The number of carbonyl (C=O) groups excluding carboxylic acids is 2. The number of amidine groups is 1. The molecule has 0 aromatic heterocycles. The summed E-state index contributed by atoms with van der Waals surface area (Å²) < 4.78 is 55.7. The average molecular weight is 519 g/mol. The summed E-state index contributed by atoms with van der Waals surface area (Å²) in [5.74, 6) is -0.241. The van der Waals surface area contributed by atoms with Gasteiger partial charge in [-0.3, -0.25) is 0 Å².